The Kier molecular flexibility index (Phi) is 4.70. The smallest absolute Gasteiger partial charge is 0.259 e. The van der Waals surface area contributed by atoms with Crippen molar-refractivity contribution in [3.8, 4) is 5.75 Å². The first-order valence-electron chi connectivity index (χ1n) is 6.21. The van der Waals surface area contributed by atoms with Crippen LogP contribution in [-0.4, -0.2) is 18.0 Å². The molecule has 0 saturated carbocycles. The lowest BCUT2D eigenvalue weighted by Crippen LogP contribution is -2.15. The zero-order chi connectivity index (χ0) is 15.6. The molecule has 1 heterocycles. The molecule has 0 radical (unpaired) electrons. The van der Waals surface area contributed by atoms with E-state index in [0.29, 0.717) is 27.7 Å². The fraction of sp³-hybridized carbons (Fsp3) is 0.200. The van der Waals surface area contributed by atoms with Gasteiger partial charge in [0.15, 0.2) is 0 Å². The third kappa shape index (κ3) is 3.28. The Morgan fingerprint density at radius 3 is 2.38 bits per heavy atom. The summed E-state index contributed by atoms with van der Waals surface area (Å²) in [7, 11) is 1.58. The molecule has 1 N–H and O–H groups in total. The summed E-state index contributed by atoms with van der Waals surface area (Å²) in [5.74, 6) is 0.360. The van der Waals surface area contributed by atoms with Crippen molar-refractivity contribution in [1.29, 1.82) is 0 Å². The highest BCUT2D eigenvalue weighted by molar-refractivity contribution is 6.36. The van der Waals surface area contributed by atoms with Gasteiger partial charge in [-0.15, -0.1) is 0 Å². The summed E-state index contributed by atoms with van der Waals surface area (Å²) < 4.78 is 5.06. The second-order valence-electron chi connectivity index (χ2n) is 4.48. The Hall–Kier alpha value is -1.78. The zero-order valence-corrected chi connectivity index (χ0v) is 13.3. The Labute approximate surface area is 133 Å². The van der Waals surface area contributed by atoms with Crippen LogP contribution in [0.1, 0.15) is 21.6 Å². The number of carbonyl (C=O) groups is 1. The maximum absolute atomic E-state index is 12.3. The summed E-state index contributed by atoms with van der Waals surface area (Å²) >= 11 is 12.2. The number of hydrogen-bond acceptors (Lipinski definition) is 3. The van der Waals surface area contributed by atoms with Crippen LogP contribution in [0.2, 0.25) is 10.2 Å². The number of ether oxygens (including phenoxy) is 1. The molecule has 4 nitrogen and oxygen atoms in total. The van der Waals surface area contributed by atoms with E-state index in [1.54, 1.807) is 45.2 Å². The molecule has 21 heavy (non-hydrogen) atoms. The number of amides is 1. The van der Waals surface area contributed by atoms with Crippen molar-refractivity contribution in [2.45, 2.75) is 13.8 Å². The van der Waals surface area contributed by atoms with Crippen molar-refractivity contribution < 1.29 is 9.53 Å². The molecule has 0 spiro atoms. The molecular weight excluding hydrogens is 311 g/mol. The zero-order valence-electron chi connectivity index (χ0n) is 11.8. The van der Waals surface area contributed by atoms with Crippen LogP contribution in [-0.2, 0) is 0 Å². The van der Waals surface area contributed by atoms with Gasteiger partial charge < -0.3 is 10.1 Å². The molecule has 0 unspecified atom stereocenters. The maximum Gasteiger partial charge on any atom is 0.259 e. The number of methoxy groups -OCH3 is 1. The molecule has 110 valence electrons. The molecule has 0 aliphatic carbocycles. The highest BCUT2D eigenvalue weighted by Gasteiger charge is 2.19. The van der Waals surface area contributed by atoms with Crippen molar-refractivity contribution in [3.05, 3.63) is 51.3 Å². The number of halogens is 2. The van der Waals surface area contributed by atoms with Crippen molar-refractivity contribution in [2.75, 3.05) is 12.4 Å². The van der Waals surface area contributed by atoms with Gasteiger partial charge in [0.2, 0.25) is 0 Å². The third-order valence-electron chi connectivity index (χ3n) is 3.07. The summed E-state index contributed by atoms with van der Waals surface area (Å²) in [6.07, 6.45) is 0. The first-order valence-corrected chi connectivity index (χ1v) is 6.97. The van der Waals surface area contributed by atoms with Gasteiger partial charge >= 0.3 is 0 Å². The van der Waals surface area contributed by atoms with E-state index in [0.717, 1.165) is 0 Å². The molecule has 0 fully saturated rings. The SMILES string of the molecule is COc1ccc(NC(=O)c2c(Cl)nc(C)c(Cl)c2C)cc1. The average Bonchev–Trinajstić information content (AvgIpc) is 2.45. The maximum atomic E-state index is 12.3. The predicted molar refractivity (Wildman–Crippen MR) is 84.7 cm³/mol. The highest BCUT2D eigenvalue weighted by atomic mass is 35.5. The third-order valence-corrected chi connectivity index (χ3v) is 3.90. The van der Waals surface area contributed by atoms with Gasteiger partial charge in [0.1, 0.15) is 10.9 Å². The minimum Gasteiger partial charge on any atom is -0.497 e. The first-order chi connectivity index (χ1) is 9.93. The summed E-state index contributed by atoms with van der Waals surface area (Å²) in [5.41, 5.74) is 2.12. The van der Waals surface area contributed by atoms with Gasteiger partial charge in [-0.05, 0) is 43.7 Å². The van der Waals surface area contributed by atoms with Gasteiger partial charge in [-0.25, -0.2) is 4.98 Å². The summed E-state index contributed by atoms with van der Waals surface area (Å²) in [5, 5.41) is 3.34. The Morgan fingerprint density at radius 1 is 1.19 bits per heavy atom. The van der Waals surface area contributed by atoms with Gasteiger partial charge in [-0.3, -0.25) is 4.79 Å². The number of aryl methyl sites for hydroxylation is 1. The van der Waals surface area contributed by atoms with E-state index in [1.165, 1.54) is 0 Å². The van der Waals surface area contributed by atoms with Crippen LogP contribution in [0.3, 0.4) is 0 Å². The largest absolute Gasteiger partial charge is 0.497 e. The highest BCUT2D eigenvalue weighted by Crippen LogP contribution is 2.28. The fourth-order valence-electron chi connectivity index (χ4n) is 1.92. The molecule has 2 rings (SSSR count). The second-order valence-corrected chi connectivity index (χ2v) is 5.22. The van der Waals surface area contributed by atoms with E-state index in [2.05, 4.69) is 10.3 Å². The lowest BCUT2D eigenvalue weighted by atomic mass is 10.1. The van der Waals surface area contributed by atoms with E-state index in [4.69, 9.17) is 27.9 Å². The minimum atomic E-state index is -0.350. The topological polar surface area (TPSA) is 51.2 Å². The molecule has 2 aromatic rings. The number of nitrogens with zero attached hydrogens (tertiary/aromatic N) is 1. The lowest BCUT2D eigenvalue weighted by molar-refractivity contribution is 0.102. The molecule has 1 aromatic carbocycles. The van der Waals surface area contributed by atoms with Crippen molar-refractivity contribution in [3.63, 3.8) is 0 Å². The van der Waals surface area contributed by atoms with Gasteiger partial charge in [-0.1, -0.05) is 23.2 Å². The van der Waals surface area contributed by atoms with Crippen LogP contribution in [0.4, 0.5) is 5.69 Å². The molecular formula is C15H14Cl2N2O2. The van der Waals surface area contributed by atoms with Crippen molar-refractivity contribution in [2.24, 2.45) is 0 Å². The Bertz CT molecular complexity index is 685. The van der Waals surface area contributed by atoms with E-state index >= 15 is 0 Å². The van der Waals surface area contributed by atoms with Gasteiger partial charge in [0.05, 0.1) is 23.4 Å². The molecule has 0 atom stereocenters. The van der Waals surface area contributed by atoms with Gasteiger partial charge in [-0.2, -0.15) is 0 Å². The number of nitrogens with one attached hydrogen (secondary N) is 1. The molecule has 0 aliphatic rings. The van der Waals surface area contributed by atoms with Crippen LogP contribution >= 0.6 is 23.2 Å². The number of carbonyl (C=O) groups excluding carboxylic acids is 1. The fourth-order valence-corrected chi connectivity index (χ4v) is 2.41. The van der Waals surface area contributed by atoms with Crippen molar-refractivity contribution in [1.82, 2.24) is 4.98 Å². The van der Waals surface area contributed by atoms with Crippen molar-refractivity contribution >= 4 is 34.8 Å². The van der Waals surface area contributed by atoms with Crippen LogP contribution < -0.4 is 10.1 Å². The summed E-state index contributed by atoms with van der Waals surface area (Å²) in [6.45, 7) is 3.48. The number of pyridine rings is 1. The predicted octanol–water partition coefficient (Wildman–Crippen LogP) is 4.27. The van der Waals surface area contributed by atoms with E-state index in [-0.39, 0.29) is 16.6 Å². The minimum absolute atomic E-state index is 0.139. The Balaban J connectivity index is 2.30. The first kappa shape index (κ1) is 15.6. The van der Waals surface area contributed by atoms with E-state index in [9.17, 15) is 4.79 Å². The molecule has 0 bridgehead atoms. The molecule has 1 amide bonds. The molecule has 6 heteroatoms. The van der Waals surface area contributed by atoms with E-state index in [1.807, 2.05) is 0 Å². The number of anilines is 1. The van der Waals surface area contributed by atoms with Crippen LogP contribution in [0, 0.1) is 13.8 Å². The number of benzene rings is 1. The normalized spacial score (nSPS) is 10.3. The number of aromatic nitrogens is 1. The average molecular weight is 325 g/mol. The molecule has 0 aliphatic heterocycles. The van der Waals surface area contributed by atoms with E-state index < -0.39 is 0 Å². The van der Waals surface area contributed by atoms with Crippen LogP contribution in [0.5, 0.6) is 5.75 Å². The monoisotopic (exact) mass is 324 g/mol. The second kappa shape index (κ2) is 6.33. The lowest BCUT2D eigenvalue weighted by Gasteiger charge is -2.12. The quantitative estimate of drug-likeness (QED) is 0.858. The number of rotatable bonds is 3. The van der Waals surface area contributed by atoms with Crippen LogP contribution in [0.15, 0.2) is 24.3 Å². The number of hydrogen-bond donors (Lipinski definition) is 1. The standard InChI is InChI=1S/C15H14Cl2N2O2/c1-8-12(14(17)18-9(2)13(8)16)15(20)19-10-4-6-11(21-3)7-5-10/h4-7H,1-3H3,(H,19,20). The summed E-state index contributed by atoms with van der Waals surface area (Å²) in [6, 6.07) is 6.99. The van der Waals surface area contributed by atoms with Gasteiger partial charge in [0.25, 0.3) is 5.91 Å². The molecule has 0 saturated heterocycles. The Morgan fingerprint density at radius 2 is 1.81 bits per heavy atom. The molecule has 1 aromatic heterocycles. The van der Waals surface area contributed by atoms with Gasteiger partial charge in [0, 0.05) is 5.69 Å². The van der Waals surface area contributed by atoms with Crippen LogP contribution in [0.25, 0.3) is 0 Å². The summed E-state index contributed by atoms with van der Waals surface area (Å²) in [4.78, 5) is 16.4.